The van der Waals surface area contributed by atoms with Crippen LogP contribution in [0.15, 0.2) is 42.5 Å². The van der Waals surface area contributed by atoms with Crippen molar-refractivity contribution in [3.8, 4) is 11.5 Å². The Labute approximate surface area is 126 Å². The van der Waals surface area contributed by atoms with E-state index in [9.17, 15) is 4.39 Å². The average molecular weight is 287 g/mol. The third-order valence-corrected chi connectivity index (χ3v) is 3.32. The molecule has 0 heterocycles. The first kappa shape index (κ1) is 15.5. The van der Waals surface area contributed by atoms with Crippen LogP contribution in [0.25, 0.3) is 0 Å². The van der Waals surface area contributed by atoms with Crippen LogP contribution in [0.5, 0.6) is 11.5 Å². The molecule has 21 heavy (non-hydrogen) atoms. The lowest BCUT2D eigenvalue weighted by Gasteiger charge is -2.14. The molecular weight excluding hydrogens is 265 g/mol. The summed E-state index contributed by atoms with van der Waals surface area (Å²) in [4.78, 5) is 0. The molecule has 0 amide bonds. The zero-order valence-electron chi connectivity index (χ0n) is 12.8. The fourth-order valence-electron chi connectivity index (χ4n) is 2.03. The van der Waals surface area contributed by atoms with Crippen molar-refractivity contribution in [1.82, 2.24) is 5.32 Å². The van der Waals surface area contributed by atoms with Crippen LogP contribution in [0.4, 0.5) is 4.39 Å². The Kier molecular flexibility index (Phi) is 5.34. The average Bonchev–Trinajstić information content (AvgIpc) is 2.47. The van der Waals surface area contributed by atoms with E-state index in [0.717, 1.165) is 12.2 Å². The highest BCUT2D eigenvalue weighted by Gasteiger charge is 2.11. The molecule has 0 fully saturated rings. The summed E-state index contributed by atoms with van der Waals surface area (Å²) in [5, 5.41) is 3.23. The van der Waals surface area contributed by atoms with E-state index < -0.39 is 0 Å². The SMILES string of the molecule is CCc1ccc(Oc2cccc(F)c2CNC(C)C)cc1. The Morgan fingerprint density at radius 2 is 1.81 bits per heavy atom. The molecule has 0 aliphatic rings. The molecular formula is C18H22FNO. The maximum Gasteiger partial charge on any atom is 0.134 e. The summed E-state index contributed by atoms with van der Waals surface area (Å²) in [5.74, 6) is 1.04. The van der Waals surface area contributed by atoms with Crippen molar-refractivity contribution in [3.05, 3.63) is 59.4 Å². The molecule has 0 bridgehead atoms. The van der Waals surface area contributed by atoms with Gasteiger partial charge in [0, 0.05) is 18.2 Å². The molecule has 112 valence electrons. The van der Waals surface area contributed by atoms with E-state index in [1.165, 1.54) is 11.6 Å². The third kappa shape index (κ3) is 4.30. The highest BCUT2D eigenvalue weighted by atomic mass is 19.1. The van der Waals surface area contributed by atoms with Gasteiger partial charge in [0.15, 0.2) is 0 Å². The molecule has 2 aromatic rings. The Balaban J connectivity index is 2.19. The van der Waals surface area contributed by atoms with Crippen molar-refractivity contribution in [1.29, 1.82) is 0 Å². The van der Waals surface area contributed by atoms with Crippen LogP contribution in [0.3, 0.4) is 0 Å². The Bertz CT molecular complexity index is 578. The summed E-state index contributed by atoms with van der Waals surface area (Å²) in [6, 6.07) is 13.1. The normalized spacial score (nSPS) is 10.9. The van der Waals surface area contributed by atoms with Gasteiger partial charge in [0.2, 0.25) is 0 Å². The number of rotatable bonds is 6. The van der Waals surface area contributed by atoms with Crippen molar-refractivity contribution in [2.24, 2.45) is 0 Å². The van der Waals surface area contributed by atoms with Crippen LogP contribution in [-0.4, -0.2) is 6.04 Å². The predicted molar refractivity (Wildman–Crippen MR) is 84.3 cm³/mol. The molecule has 0 atom stereocenters. The molecule has 1 N–H and O–H groups in total. The van der Waals surface area contributed by atoms with Gasteiger partial charge in [-0.2, -0.15) is 0 Å². The highest BCUT2D eigenvalue weighted by molar-refractivity contribution is 5.39. The second-order valence-electron chi connectivity index (χ2n) is 5.35. The Hall–Kier alpha value is -1.87. The fourth-order valence-corrected chi connectivity index (χ4v) is 2.03. The summed E-state index contributed by atoms with van der Waals surface area (Å²) in [7, 11) is 0. The lowest BCUT2D eigenvalue weighted by molar-refractivity contribution is 0.457. The number of hydrogen-bond acceptors (Lipinski definition) is 2. The van der Waals surface area contributed by atoms with Gasteiger partial charge >= 0.3 is 0 Å². The van der Waals surface area contributed by atoms with Crippen molar-refractivity contribution in [2.45, 2.75) is 39.8 Å². The van der Waals surface area contributed by atoms with Gasteiger partial charge in [0.25, 0.3) is 0 Å². The first-order chi connectivity index (χ1) is 10.1. The van der Waals surface area contributed by atoms with E-state index >= 15 is 0 Å². The maximum atomic E-state index is 14.0. The summed E-state index contributed by atoms with van der Waals surface area (Å²) in [5.41, 5.74) is 1.81. The maximum absolute atomic E-state index is 14.0. The quantitative estimate of drug-likeness (QED) is 0.833. The molecule has 0 saturated heterocycles. The van der Waals surface area contributed by atoms with Gasteiger partial charge < -0.3 is 10.1 Å². The largest absolute Gasteiger partial charge is 0.457 e. The van der Waals surface area contributed by atoms with Gasteiger partial charge in [-0.3, -0.25) is 0 Å². The first-order valence-corrected chi connectivity index (χ1v) is 7.37. The number of aryl methyl sites for hydroxylation is 1. The van der Waals surface area contributed by atoms with Crippen LogP contribution in [0.2, 0.25) is 0 Å². The standard InChI is InChI=1S/C18H22FNO/c1-4-14-8-10-15(11-9-14)21-18-7-5-6-17(19)16(18)12-20-13(2)3/h5-11,13,20H,4,12H2,1-3H3. The molecule has 0 unspecified atom stereocenters. The number of benzene rings is 2. The second kappa shape index (κ2) is 7.23. The number of nitrogens with one attached hydrogen (secondary N) is 1. The Morgan fingerprint density at radius 3 is 2.43 bits per heavy atom. The van der Waals surface area contributed by atoms with Gasteiger partial charge in [-0.15, -0.1) is 0 Å². The zero-order chi connectivity index (χ0) is 15.2. The van der Waals surface area contributed by atoms with Crippen LogP contribution >= 0.6 is 0 Å². The van der Waals surface area contributed by atoms with E-state index in [4.69, 9.17) is 4.74 Å². The van der Waals surface area contributed by atoms with Crippen LogP contribution in [0, 0.1) is 5.82 Å². The van der Waals surface area contributed by atoms with E-state index in [-0.39, 0.29) is 5.82 Å². The topological polar surface area (TPSA) is 21.3 Å². The summed E-state index contributed by atoms with van der Waals surface area (Å²) >= 11 is 0. The number of halogens is 1. The molecule has 0 spiro atoms. The van der Waals surface area contributed by atoms with E-state index in [1.807, 2.05) is 38.1 Å². The van der Waals surface area contributed by atoms with Crippen molar-refractivity contribution < 1.29 is 9.13 Å². The van der Waals surface area contributed by atoms with Gasteiger partial charge in [-0.25, -0.2) is 4.39 Å². The molecule has 2 rings (SSSR count). The molecule has 2 aromatic carbocycles. The smallest absolute Gasteiger partial charge is 0.134 e. The molecule has 3 heteroatoms. The van der Waals surface area contributed by atoms with Gasteiger partial charge in [-0.1, -0.05) is 39.0 Å². The highest BCUT2D eigenvalue weighted by Crippen LogP contribution is 2.27. The van der Waals surface area contributed by atoms with Gasteiger partial charge in [0.1, 0.15) is 17.3 Å². The zero-order valence-corrected chi connectivity index (χ0v) is 12.8. The number of ether oxygens (including phenoxy) is 1. The third-order valence-electron chi connectivity index (χ3n) is 3.32. The van der Waals surface area contributed by atoms with E-state index in [0.29, 0.717) is 23.9 Å². The van der Waals surface area contributed by atoms with Crippen LogP contribution < -0.4 is 10.1 Å². The van der Waals surface area contributed by atoms with E-state index in [1.54, 1.807) is 12.1 Å². The molecule has 0 radical (unpaired) electrons. The van der Waals surface area contributed by atoms with E-state index in [2.05, 4.69) is 12.2 Å². The van der Waals surface area contributed by atoms with Gasteiger partial charge in [-0.05, 0) is 36.2 Å². The minimum atomic E-state index is -0.245. The first-order valence-electron chi connectivity index (χ1n) is 7.37. The summed E-state index contributed by atoms with van der Waals surface area (Å²) < 4.78 is 19.8. The van der Waals surface area contributed by atoms with Crippen molar-refractivity contribution >= 4 is 0 Å². The van der Waals surface area contributed by atoms with Crippen molar-refractivity contribution in [3.63, 3.8) is 0 Å². The van der Waals surface area contributed by atoms with Gasteiger partial charge in [0.05, 0.1) is 0 Å². The molecule has 0 saturated carbocycles. The van der Waals surface area contributed by atoms with Crippen LogP contribution in [0.1, 0.15) is 31.9 Å². The lowest BCUT2D eigenvalue weighted by atomic mass is 10.1. The minimum absolute atomic E-state index is 0.245. The van der Waals surface area contributed by atoms with Crippen LogP contribution in [-0.2, 0) is 13.0 Å². The second-order valence-corrected chi connectivity index (χ2v) is 5.35. The fraction of sp³-hybridized carbons (Fsp3) is 0.333. The molecule has 0 aliphatic heterocycles. The monoisotopic (exact) mass is 287 g/mol. The summed E-state index contributed by atoms with van der Waals surface area (Å²) in [6.45, 7) is 6.63. The molecule has 0 aromatic heterocycles. The van der Waals surface area contributed by atoms with Crippen molar-refractivity contribution in [2.75, 3.05) is 0 Å². The lowest BCUT2D eigenvalue weighted by Crippen LogP contribution is -2.22. The number of hydrogen-bond donors (Lipinski definition) is 1. The molecule has 2 nitrogen and oxygen atoms in total. The summed E-state index contributed by atoms with van der Waals surface area (Å²) in [6.07, 6.45) is 0.990. The predicted octanol–water partition coefficient (Wildman–Crippen LogP) is 4.68. The minimum Gasteiger partial charge on any atom is -0.457 e. The molecule has 0 aliphatic carbocycles. The Morgan fingerprint density at radius 1 is 1.10 bits per heavy atom.